The summed E-state index contributed by atoms with van der Waals surface area (Å²) in [5.41, 5.74) is 7.65. The molecule has 1 aromatic heterocycles. The van der Waals surface area contributed by atoms with E-state index in [1.54, 1.807) is 7.11 Å². The van der Waals surface area contributed by atoms with Crippen LogP contribution in [0.1, 0.15) is 17.1 Å². The van der Waals surface area contributed by atoms with Gasteiger partial charge in [0.2, 0.25) is 0 Å². The summed E-state index contributed by atoms with van der Waals surface area (Å²) in [5.74, 6) is 1.60. The standard InChI is InChI=1S/C13H16ClN3O/c1-18-12-3-2-9(6-11(12)14)7-13-16-8-10(17-13)4-5-15/h2-3,6,8H,4-5,7,15H2,1H3,(H,16,17). The van der Waals surface area contributed by atoms with E-state index in [1.165, 1.54) is 0 Å². The molecule has 5 heteroatoms. The molecule has 0 aliphatic carbocycles. The van der Waals surface area contributed by atoms with Crippen LogP contribution in [0.15, 0.2) is 24.4 Å². The van der Waals surface area contributed by atoms with Crippen LogP contribution in [0.2, 0.25) is 5.02 Å². The molecule has 4 nitrogen and oxygen atoms in total. The number of ether oxygens (including phenoxy) is 1. The van der Waals surface area contributed by atoms with Crippen molar-refractivity contribution in [2.75, 3.05) is 13.7 Å². The summed E-state index contributed by atoms with van der Waals surface area (Å²) in [4.78, 5) is 7.56. The van der Waals surface area contributed by atoms with Crippen molar-refractivity contribution in [3.8, 4) is 5.75 Å². The van der Waals surface area contributed by atoms with E-state index in [0.29, 0.717) is 23.7 Å². The molecule has 18 heavy (non-hydrogen) atoms. The van der Waals surface area contributed by atoms with Gasteiger partial charge in [-0.1, -0.05) is 17.7 Å². The second-order valence-electron chi connectivity index (χ2n) is 4.04. The lowest BCUT2D eigenvalue weighted by Gasteiger charge is -2.04. The van der Waals surface area contributed by atoms with Crippen molar-refractivity contribution in [1.29, 1.82) is 0 Å². The first-order valence-electron chi connectivity index (χ1n) is 5.78. The van der Waals surface area contributed by atoms with Gasteiger partial charge in [0.1, 0.15) is 11.6 Å². The number of benzene rings is 1. The van der Waals surface area contributed by atoms with E-state index in [-0.39, 0.29) is 0 Å². The third-order valence-corrected chi connectivity index (χ3v) is 2.98. The first kappa shape index (κ1) is 12.9. The van der Waals surface area contributed by atoms with E-state index < -0.39 is 0 Å². The molecule has 2 rings (SSSR count). The van der Waals surface area contributed by atoms with Gasteiger partial charge in [0.05, 0.1) is 12.1 Å². The topological polar surface area (TPSA) is 63.9 Å². The Labute approximate surface area is 111 Å². The molecular formula is C13H16ClN3O. The molecule has 0 aliphatic heterocycles. The minimum atomic E-state index is 0.615. The van der Waals surface area contributed by atoms with Crippen molar-refractivity contribution in [3.05, 3.63) is 46.5 Å². The van der Waals surface area contributed by atoms with Crippen LogP contribution >= 0.6 is 11.6 Å². The number of hydrogen-bond acceptors (Lipinski definition) is 3. The maximum atomic E-state index is 6.08. The lowest BCUT2D eigenvalue weighted by atomic mass is 10.1. The molecule has 0 radical (unpaired) electrons. The van der Waals surface area contributed by atoms with Crippen LogP contribution in [0.25, 0.3) is 0 Å². The highest BCUT2D eigenvalue weighted by Crippen LogP contribution is 2.25. The van der Waals surface area contributed by atoms with Crippen molar-refractivity contribution in [2.24, 2.45) is 5.73 Å². The Morgan fingerprint density at radius 3 is 2.94 bits per heavy atom. The van der Waals surface area contributed by atoms with Crippen molar-refractivity contribution >= 4 is 11.6 Å². The van der Waals surface area contributed by atoms with Crippen LogP contribution in [0.3, 0.4) is 0 Å². The Morgan fingerprint density at radius 1 is 1.44 bits per heavy atom. The van der Waals surface area contributed by atoms with Gasteiger partial charge in [-0.2, -0.15) is 0 Å². The van der Waals surface area contributed by atoms with Gasteiger partial charge in [-0.25, -0.2) is 4.98 Å². The summed E-state index contributed by atoms with van der Waals surface area (Å²) in [6.45, 7) is 0.621. The second-order valence-corrected chi connectivity index (χ2v) is 4.45. The number of nitrogens with two attached hydrogens (primary N) is 1. The monoisotopic (exact) mass is 265 g/mol. The molecule has 2 aromatic rings. The van der Waals surface area contributed by atoms with Crippen LogP contribution in [-0.4, -0.2) is 23.6 Å². The van der Waals surface area contributed by atoms with E-state index in [9.17, 15) is 0 Å². The number of imidazole rings is 1. The molecule has 1 heterocycles. The highest BCUT2D eigenvalue weighted by atomic mass is 35.5. The van der Waals surface area contributed by atoms with Crippen LogP contribution in [0.4, 0.5) is 0 Å². The molecule has 0 saturated heterocycles. The molecule has 1 aromatic carbocycles. The summed E-state index contributed by atoms with van der Waals surface area (Å²) in [6.07, 6.45) is 3.36. The van der Waals surface area contributed by atoms with E-state index in [2.05, 4.69) is 9.97 Å². The first-order chi connectivity index (χ1) is 8.72. The summed E-state index contributed by atoms with van der Waals surface area (Å²) in [6, 6.07) is 5.74. The van der Waals surface area contributed by atoms with E-state index >= 15 is 0 Å². The zero-order chi connectivity index (χ0) is 13.0. The zero-order valence-electron chi connectivity index (χ0n) is 10.2. The molecule has 3 N–H and O–H groups in total. The highest BCUT2D eigenvalue weighted by Gasteiger charge is 2.05. The number of nitrogens with zero attached hydrogens (tertiary/aromatic N) is 1. The van der Waals surface area contributed by atoms with Crippen molar-refractivity contribution < 1.29 is 4.74 Å². The van der Waals surface area contributed by atoms with Gasteiger partial charge < -0.3 is 15.5 Å². The normalized spacial score (nSPS) is 10.6. The van der Waals surface area contributed by atoms with Gasteiger partial charge in [0.15, 0.2) is 0 Å². The zero-order valence-corrected chi connectivity index (χ0v) is 11.0. The van der Waals surface area contributed by atoms with Gasteiger partial charge in [-0.05, 0) is 24.2 Å². The number of hydrogen-bond donors (Lipinski definition) is 2. The molecule has 0 unspecified atom stereocenters. The number of aromatic nitrogens is 2. The van der Waals surface area contributed by atoms with Crippen LogP contribution in [0, 0.1) is 0 Å². The van der Waals surface area contributed by atoms with Gasteiger partial charge in [-0.15, -0.1) is 0 Å². The van der Waals surface area contributed by atoms with Crippen LogP contribution < -0.4 is 10.5 Å². The molecule has 0 spiro atoms. The molecule has 0 amide bonds. The number of halogens is 1. The predicted molar refractivity (Wildman–Crippen MR) is 72.2 cm³/mol. The summed E-state index contributed by atoms with van der Waals surface area (Å²) < 4.78 is 5.12. The molecule has 0 aliphatic rings. The maximum Gasteiger partial charge on any atom is 0.137 e. The molecule has 0 bridgehead atoms. The minimum Gasteiger partial charge on any atom is -0.495 e. The lowest BCUT2D eigenvalue weighted by Crippen LogP contribution is -2.02. The molecule has 0 saturated carbocycles. The van der Waals surface area contributed by atoms with Crippen LogP contribution in [0.5, 0.6) is 5.75 Å². The smallest absolute Gasteiger partial charge is 0.137 e. The molecule has 96 valence electrons. The number of aromatic amines is 1. The maximum absolute atomic E-state index is 6.08. The number of rotatable bonds is 5. The largest absolute Gasteiger partial charge is 0.495 e. The Bertz CT molecular complexity index is 525. The third-order valence-electron chi connectivity index (χ3n) is 2.68. The molecular weight excluding hydrogens is 250 g/mol. The lowest BCUT2D eigenvalue weighted by molar-refractivity contribution is 0.415. The van der Waals surface area contributed by atoms with E-state index in [0.717, 1.165) is 23.5 Å². The molecule has 0 fully saturated rings. The highest BCUT2D eigenvalue weighted by molar-refractivity contribution is 6.32. The third kappa shape index (κ3) is 3.03. The average molecular weight is 266 g/mol. The quantitative estimate of drug-likeness (QED) is 0.871. The minimum absolute atomic E-state index is 0.615. The van der Waals surface area contributed by atoms with E-state index in [1.807, 2.05) is 24.4 Å². The number of nitrogens with one attached hydrogen (secondary N) is 1. The van der Waals surface area contributed by atoms with Gasteiger partial charge in [0, 0.05) is 24.7 Å². The Morgan fingerprint density at radius 2 is 2.28 bits per heavy atom. The fraction of sp³-hybridized carbons (Fsp3) is 0.308. The van der Waals surface area contributed by atoms with Crippen molar-refractivity contribution in [1.82, 2.24) is 9.97 Å². The summed E-state index contributed by atoms with van der Waals surface area (Å²) in [5, 5.41) is 0.615. The predicted octanol–water partition coefficient (Wildman–Crippen LogP) is 2.16. The van der Waals surface area contributed by atoms with Gasteiger partial charge >= 0.3 is 0 Å². The Kier molecular flexibility index (Phi) is 4.23. The average Bonchev–Trinajstić information content (AvgIpc) is 2.77. The fourth-order valence-electron chi connectivity index (χ4n) is 1.79. The first-order valence-corrected chi connectivity index (χ1v) is 6.16. The second kappa shape index (κ2) is 5.89. The SMILES string of the molecule is COc1ccc(Cc2ncc(CCN)[nH]2)cc1Cl. The molecule has 0 atom stereocenters. The van der Waals surface area contributed by atoms with E-state index in [4.69, 9.17) is 22.1 Å². The fourth-order valence-corrected chi connectivity index (χ4v) is 2.07. The van der Waals surface area contributed by atoms with Crippen molar-refractivity contribution in [2.45, 2.75) is 12.8 Å². The van der Waals surface area contributed by atoms with Crippen LogP contribution in [-0.2, 0) is 12.8 Å². The van der Waals surface area contributed by atoms with Gasteiger partial charge in [0.25, 0.3) is 0 Å². The number of methoxy groups -OCH3 is 1. The van der Waals surface area contributed by atoms with Crippen molar-refractivity contribution in [3.63, 3.8) is 0 Å². The summed E-state index contributed by atoms with van der Waals surface area (Å²) in [7, 11) is 1.60. The van der Waals surface area contributed by atoms with Gasteiger partial charge in [-0.3, -0.25) is 0 Å². The Balaban J connectivity index is 2.10. The number of H-pyrrole nitrogens is 1. The summed E-state index contributed by atoms with van der Waals surface area (Å²) >= 11 is 6.08. The Hall–Kier alpha value is -1.52.